The van der Waals surface area contributed by atoms with E-state index in [-0.39, 0.29) is 23.0 Å². The molecule has 0 saturated heterocycles. The number of halogens is 2. The molecule has 9 nitrogen and oxygen atoms in total. The van der Waals surface area contributed by atoms with Crippen LogP contribution in [-0.4, -0.2) is 52.0 Å². The Bertz CT molecular complexity index is 975. The zero-order valence-electron chi connectivity index (χ0n) is 16.9. The van der Waals surface area contributed by atoms with E-state index in [0.717, 1.165) is 6.41 Å². The highest BCUT2D eigenvalue weighted by Gasteiger charge is 2.27. The summed E-state index contributed by atoms with van der Waals surface area (Å²) in [4.78, 5) is 34.7. The lowest BCUT2D eigenvalue weighted by Crippen LogP contribution is -2.48. The number of benzene rings is 1. The molecule has 1 aliphatic rings. The minimum atomic E-state index is -0.649. The molecule has 30 heavy (non-hydrogen) atoms. The zero-order chi connectivity index (χ0) is 22.6. The number of carbonyl (C=O) groups excluding carboxylic acids is 3. The molecule has 2 aromatic rings. The van der Waals surface area contributed by atoms with Crippen molar-refractivity contribution in [1.82, 2.24) is 20.0 Å². The predicted molar refractivity (Wildman–Crippen MR) is 110 cm³/mol. The van der Waals surface area contributed by atoms with Crippen LogP contribution in [0.4, 0.5) is 4.39 Å². The fraction of sp³-hybridized carbons (Fsp3) is 0.368. The largest absolute Gasteiger partial charge is 0.368 e. The van der Waals surface area contributed by atoms with Crippen LogP contribution in [-0.2, 0) is 22.7 Å². The molecule has 162 valence electrons. The van der Waals surface area contributed by atoms with Crippen molar-refractivity contribution in [3.63, 3.8) is 0 Å². The molecule has 2 heterocycles. The molecule has 3 rings (SSSR count). The summed E-state index contributed by atoms with van der Waals surface area (Å²) in [5.74, 6) is -1.54. The summed E-state index contributed by atoms with van der Waals surface area (Å²) < 4.78 is 14.9. The molecule has 0 radical (unpaired) electrons. The van der Waals surface area contributed by atoms with Crippen LogP contribution in [0.15, 0.2) is 18.2 Å². The summed E-state index contributed by atoms with van der Waals surface area (Å²) in [5.41, 5.74) is 11.5. The van der Waals surface area contributed by atoms with Gasteiger partial charge < -0.3 is 21.7 Å². The molecule has 1 aliphatic heterocycles. The number of nitrogens with two attached hydrogens (primary N) is 2. The maximum atomic E-state index is 13.3. The third-order valence-corrected chi connectivity index (χ3v) is 5.13. The van der Waals surface area contributed by atoms with Gasteiger partial charge in [0.05, 0.1) is 34.9 Å². The number of hydrogen-bond donors (Lipinski definition) is 3. The van der Waals surface area contributed by atoms with Gasteiger partial charge in [0, 0.05) is 12.1 Å². The summed E-state index contributed by atoms with van der Waals surface area (Å²) in [7, 11) is 1.70. The van der Waals surface area contributed by atoms with Crippen molar-refractivity contribution in [2.24, 2.45) is 11.5 Å². The van der Waals surface area contributed by atoms with Crippen molar-refractivity contribution in [3.05, 3.63) is 40.3 Å². The van der Waals surface area contributed by atoms with Crippen molar-refractivity contribution >= 4 is 29.8 Å². The van der Waals surface area contributed by atoms with Gasteiger partial charge in [0.2, 0.25) is 12.3 Å². The second kappa shape index (κ2) is 9.23. The lowest BCUT2D eigenvalue weighted by molar-refractivity contribution is -0.123. The lowest BCUT2D eigenvalue weighted by atomic mass is 10.0. The Kier molecular flexibility index (Phi) is 7.16. The second-order valence-electron chi connectivity index (χ2n) is 7.20. The molecule has 0 aliphatic carbocycles. The molecule has 0 atom stereocenters. The quantitative estimate of drug-likeness (QED) is 0.595. The van der Waals surface area contributed by atoms with Gasteiger partial charge in [0.25, 0.3) is 5.91 Å². The minimum absolute atomic E-state index is 0.0617. The standard InChI is InChI=1S/C14H12ClFN4O2.C5H12N2O/c15-9-5-8(1-2-10(9)16)13-12(14(17)22)11-6-19(7-21)3-4-20(11)18-13;1-5(2,7-3)4(6)8/h1-2,5,7H,3-4,6H2,(H2,17,22);7H,1-3H3,(H2,6,8). The molecule has 1 aromatic heterocycles. The van der Waals surface area contributed by atoms with E-state index >= 15 is 0 Å². The van der Waals surface area contributed by atoms with Gasteiger partial charge in [-0.2, -0.15) is 5.10 Å². The second-order valence-corrected chi connectivity index (χ2v) is 7.61. The van der Waals surface area contributed by atoms with Gasteiger partial charge in [-0.1, -0.05) is 11.6 Å². The molecular weight excluding hydrogens is 415 g/mol. The lowest BCUT2D eigenvalue weighted by Gasteiger charge is -2.24. The molecule has 0 spiro atoms. The summed E-state index contributed by atoms with van der Waals surface area (Å²) in [6, 6.07) is 4.09. The SMILES string of the molecule is CNC(C)(C)C(N)=O.NC(=O)c1c(-c2ccc(F)c(Cl)c2)nn2c1CN(C=O)CC2. The molecular formula is C19H24ClFN6O3. The van der Waals surface area contributed by atoms with Crippen LogP contribution in [0, 0.1) is 5.82 Å². The smallest absolute Gasteiger partial charge is 0.252 e. The first-order valence-electron chi connectivity index (χ1n) is 9.04. The van der Waals surface area contributed by atoms with E-state index in [1.54, 1.807) is 25.6 Å². The Morgan fingerprint density at radius 1 is 1.30 bits per heavy atom. The first kappa shape index (κ1) is 23.3. The van der Waals surface area contributed by atoms with Crippen LogP contribution in [0.1, 0.15) is 29.9 Å². The van der Waals surface area contributed by atoms with Crippen molar-refractivity contribution in [2.45, 2.75) is 32.5 Å². The number of primary amides is 2. The Hall–Kier alpha value is -2.98. The molecule has 3 amide bonds. The number of carbonyl (C=O) groups is 3. The van der Waals surface area contributed by atoms with Crippen molar-refractivity contribution in [1.29, 1.82) is 0 Å². The van der Waals surface area contributed by atoms with Gasteiger partial charge in [-0.15, -0.1) is 0 Å². The highest BCUT2D eigenvalue weighted by Crippen LogP contribution is 2.30. The van der Waals surface area contributed by atoms with Crippen LogP contribution in [0.25, 0.3) is 11.3 Å². The number of fused-ring (bicyclic) bond motifs is 1. The zero-order valence-corrected chi connectivity index (χ0v) is 17.7. The monoisotopic (exact) mass is 438 g/mol. The number of nitrogens with one attached hydrogen (secondary N) is 1. The summed E-state index contributed by atoms with van der Waals surface area (Å²) in [5, 5.41) is 7.08. The van der Waals surface area contributed by atoms with Gasteiger partial charge in [0.1, 0.15) is 11.5 Å². The number of likely N-dealkylation sites (N-methyl/N-ethyl adjacent to an activating group) is 1. The average molecular weight is 439 g/mol. The van der Waals surface area contributed by atoms with Gasteiger partial charge in [-0.05, 0) is 39.1 Å². The van der Waals surface area contributed by atoms with E-state index in [0.29, 0.717) is 30.0 Å². The van der Waals surface area contributed by atoms with Crippen molar-refractivity contribution in [3.8, 4) is 11.3 Å². The van der Waals surface area contributed by atoms with E-state index in [9.17, 15) is 18.8 Å². The first-order chi connectivity index (χ1) is 14.0. The highest BCUT2D eigenvalue weighted by molar-refractivity contribution is 6.31. The van der Waals surface area contributed by atoms with Crippen LogP contribution in [0.5, 0.6) is 0 Å². The Labute approximate surface area is 178 Å². The van der Waals surface area contributed by atoms with Crippen LogP contribution in [0.3, 0.4) is 0 Å². The predicted octanol–water partition coefficient (Wildman–Crippen LogP) is 0.883. The molecule has 0 bridgehead atoms. The Morgan fingerprint density at radius 3 is 2.43 bits per heavy atom. The fourth-order valence-electron chi connectivity index (χ4n) is 2.65. The molecule has 0 unspecified atom stereocenters. The summed E-state index contributed by atoms with van der Waals surface area (Å²) in [6.45, 7) is 4.68. The van der Waals surface area contributed by atoms with E-state index in [4.69, 9.17) is 23.1 Å². The number of aromatic nitrogens is 2. The molecule has 0 fully saturated rings. The maximum absolute atomic E-state index is 13.3. The Balaban J connectivity index is 0.000000343. The van der Waals surface area contributed by atoms with Crippen molar-refractivity contribution in [2.75, 3.05) is 13.6 Å². The van der Waals surface area contributed by atoms with E-state index in [1.165, 1.54) is 23.1 Å². The molecule has 5 N–H and O–H groups in total. The number of rotatable bonds is 5. The summed E-state index contributed by atoms with van der Waals surface area (Å²) in [6.07, 6.45) is 0.718. The number of hydrogen-bond acceptors (Lipinski definition) is 5. The summed E-state index contributed by atoms with van der Waals surface area (Å²) >= 11 is 5.79. The van der Waals surface area contributed by atoms with E-state index < -0.39 is 17.3 Å². The third kappa shape index (κ3) is 4.95. The fourth-order valence-corrected chi connectivity index (χ4v) is 2.84. The molecule has 0 saturated carbocycles. The van der Waals surface area contributed by atoms with E-state index in [1.807, 2.05) is 0 Å². The minimum Gasteiger partial charge on any atom is -0.368 e. The normalized spacial score (nSPS) is 13.2. The maximum Gasteiger partial charge on any atom is 0.252 e. The van der Waals surface area contributed by atoms with Gasteiger partial charge in [0.15, 0.2) is 0 Å². The molecule has 11 heteroatoms. The topological polar surface area (TPSA) is 136 Å². The number of nitrogens with zero attached hydrogens (tertiary/aromatic N) is 3. The van der Waals surface area contributed by atoms with Crippen molar-refractivity contribution < 1.29 is 18.8 Å². The van der Waals surface area contributed by atoms with Crippen LogP contribution >= 0.6 is 11.6 Å². The third-order valence-electron chi connectivity index (χ3n) is 4.84. The number of amides is 3. The first-order valence-corrected chi connectivity index (χ1v) is 9.42. The Morgan fingerprint density at radius 2 is 1.97 bits per heavy atom. The van der Waals surface area contributed by atoms with E-state index in [2.05, 4.69) is 10.4 Å². The average Bonchev–Trinajstić information content (AvgIpc) is 3.09. The van der Waals surface area contributed by atoms with Crippen LogP contribution < -0.4 is 16.8 Å². The van der Waals surface area contributed by atoms with Gasteiger partial charge in [-0.3, -0.25) is 19.1 Å². The van der Waals surface area contributed by atoms with Gasteiger partial charge in [-0.25, -0.2) is 4.39 Å². The highest BCUT2D eigenvalue weighted by atomic mass is 35.5. The van der Waals surface area contributed by atoms with Gasteiger partial charge >= 0.3 is 0 Å². The van der Waals surface area contributed by atoms with Crippen LogP contribution in [0.2, 0.25) is 5.02 Å². The molecule has 1 aromatic carbocycles.